The highest BCUT2D eigenvalue weighted by atomic mass is 32.2. The third kappa shape index (κ3) is 4.91. The summed E-state index contributed by atoms with van der Waals surface area (Å²) in [4.78, 5) is 0.110. The molecule has 0 radical (unpaired) electrons. The van der Waals surface area contributed by atoms with Crippen LogP contribution >= 0.6 is 0 Å². The van der Waals surface area contributed by atoms with E-state index in [-0.39, 0.29) is 23.0 Å². The van der Waals surface area contributed by atoms with E-state index in [0.717, 1.165) is 5.56 Å². The van der Waals surface area contributed by atoms with Crippen molar-refractivity contribution in [2.75, 3.05) is 13.2 Å². The predicted molar refractivity (Wildman–Crippen MR) is 75.1 cm³/mol. The quantitative estimate of drug-likeness (QED) is 0.727. The van der Waals surface area contributed by atoms with Crippen LogP contribution in [0, 0.1) is 5.41 Å². The van der Waals surface area contributed by atoms with Gasteiger partial charge in [-0.15, -0.1) is 0 Å². The molecule has 1 aromatic carbocycles. The van der Waals surface area contributed by atoms with Gasteiger partial charge in [-0.1, -0.05) is 26.0 Å². The second kappa shape index (κ2) is 6.00. The molecule has 1 unspecified atom stereocenters. The van der Waals surface area contributed by atoms with Gasteiger partial charge in [0.15, 0.2) is 0 Å². The van der Waals surface area contributed by atoms with Crippen molar-refractivity contribution in [2.24, 2.45) is 10.6 Å². The molecule has 4 N–H and O–H groups in total. The van der Waals surface area contributed by atoms with E-state index in [1.165, 1.54) is 12.1 Å². The van der Waals surface area contributed by atoms with Crippen molar-refractivity contribution in [3.63, 3.8) is 0 Å². The van der Waals surface area contributed by atoms with Crippen LogP contribution in [0.3, 0.4) is 0 Å². The second-order valence-electron chi connectivity index (χ2n) is 5.54. The Morgan fingerprint density at radius 1 is 1.32 bits per heavy atom. The average Bonchev–Trinajstić information content (AvgIpc) is 2.35. The fourth-order valence-electron chi connectivity index (χ4n) is 1.55. The van der Waals surface area contributed by atoms with Crippen LogP contribution < -0.4 is 10.5 Å². The standard InChI is InChI=1S/C13H22N2O3S/c1-10(15-8-13(2,3)9-16)11-4-6-12(7-5-11)19(14,17)18/h4-7,10,15-16H,8-9H2,1-3H3,(H2,14,17,18). The van der Waals surface area contributed by atoms with Gasteiger partial charge in [0.1, 0.15) is 0 Å². The summed E-state index contributed by atoms with van der Waals surface area (Å²) in [6.45, 7) is 6.70. The van der Waals surface area contributed by atoms with Gasteiger partial charge in [-0.2, -0.15) is 0 Å². The number of nitrogens with two attached hydrogens (primary N) is 1. The molecule has 1 aromatic rings. The summed E-state index contributed by atoms with van der Waals surface area (Å²) in [5.74, 6) is 0. The molecule has 1 atom stereocenters. The van der Waals surface area contributed by atoms with Crippen LogP contribution in [-0.4, -0.2) is 26.7 Å². The van der Waals surface area contributed by atoms with E-state index < -0.39 is 10.0 Å². The molecule has 0 saturated heterocycles. The number of aliphatic hydroxyl groups excluding tert-OH is 1. The van der Waals surface area contributed by atoms with Crippen LogP contribution in [-0.2, 0) is 10.0 Å². The highest BCUT2D eigenvalue weighted by Gasteiger charge is 2.18. The first kappa shape index (κ1) is 16.1. The summed E-state index contributed by atoms with van der Waals surface area (Å²) in [7, 11) is -3.64. The molecular weight excluding hydrogens is 264 g/mol. The zero-order chi connectivity index (χ0) is 14.7. The topological polar surface area (TPSA) is 92.4 Å². The first-order valence-corrected chi connectivity index (χ1v) is 7.67. The Hall–Kier alpha value is -0.950. The summed E-state index contributed by atoms with van der Waals surface area (Å²) in [6.07, 6.45) is 0. The molecule has 0 saturated carbocycles. The predicted octanol–water partition coefficient (Wildman–Crippen LogP) is 1.00. The summed E-state index contributed by atoms with van der Waals surface area (Å²) < 4.78 is 22.3. The lowest BCUT2D eigenvalue weighted by Gasteiger charge is -2.25. The van der Waals surface area contributed by atoms with E-state index in [1.807, 2.05) is 20.8 Å². The number of hydrogen-bond donors (Lipinski definition) is 3. The number of hydrogen-bond acceptors (Lipinski definition) is 4. The lowest BCUT2D eigenvalue weighted by atomic mass is 9.94. The largest absolute Gasteiger partial charge is 0.396 e. The zero-order valence-electron chi connectivity index (χ0n) is 11.6. The summed E-state index contributed by atoms with van der Waals surface area (Å²) in [5.41, 5.74) is 0.788. The Morgan fingerprint density at radius 3 is 2.26 bits per heavy atom. The zero-order valence-corrected chi connectivity index (χ0v) is 12.4. The highest BCUT2D eigenvalue weighted by molar-refractivity contribution is 7.89. The first-order chi connectivity index (χ1) is 8.65. The van der Waals surface area contributed by atoms with E-state index in [2.05, 4.69) is 5.32 Å². The lowest BCUT2D eigenvalue weighted by Crippen LogP contribution is -2.33. The molecule has 0 amide bonds. The maximum absolute atomic E-state index is 11.1. The van der Waals surface area contributed by atoms with Crippen molar-refractivity contribution in [3.05, 3.63) is 29.8 Å². The number of sulfonamides is 1. The monoisotopic (exact) mass is 286 g/mol. The Balaban J connectivity index is 2.71. The lowest BCUT2D eigenvalue weighted by molar-refractivity contribution is 0.154. The van der Waals surface area contributed by atoms with E-state index >= 15 is 0 Å². The van der Waals surface area contributed by atoms with Gasteiger partial charge in [-0.3, -0.25) is 0 Å². The summed E-state index contributed by atoms with van der Waals surface area (Å²) in [5, 5.41) is 17.5. The number of rotatable bonds is 6. The van der Waals surface area contributed by atoms with Crippen LogP contribution in [0.5, 0.6) is 0 Å². The molecule has 0 aliphatic carbocycles. The van der Waals surface area contributed by atoms with Crippen LogP contribution in [0.2, 0.25) is 0 Å². The van der Waals surface area contributed by atoms with E-state index in [1.54, 1.807) is 12.1 Å². The molecule has 0 heterocycles. The van der Waals surface area contributed by atoms with E-state index in [4.69, 9.17) is 5.14 Å². The van der Waals surface area contributed by atoms with Gasteiger partial charge < -0.3 is 10.4 Å². The summed E-state index contributed by atoms with van der Waals surface area (Å²) in [6, 6.07) is 6.55. The van der Waals surface area contributed by atoms with Crippen molar-refractivity contribution in [1.82, 2.24) is 5.32 Å². The highest BCUT2D eigenvalue weighted by Crippen LogP contribution is 2.18. The van der Waals surface area contributed by atoms with E-state index in [0.29, 0.717) is 6.54 Å². The van der Waals surface area contributed by atoms with Crippen molar-refractivity contribution >= 4 is 10.0 Å². The number of aliphatic hydroxyl groups is 1. The molecule has 0 aromatic heterocycles. The molecule has 0 aliphatic heterocycles. The molecule has 5 nitrogen and oxygen atoms in total. The van der Waals surface area contributed by atoms with Gasteiger partial charge in [0.2, 0.25) is 10.0 Å². The first-order valence-electron chi connectivity index (χ1n) is 6.13. The smallest absolute Gasteiger partial charge is 0.238 e. The third-order valence-corrected chi connectivity index (χ3v) is 3.95. The van der Waals surface area contributed by atoms with Crippen molar-refractivity contribution in [2.45, 2.75) is 31.7 Å². The van der Waals surface area contributed by atoms with Crippen LogP contribution in [0.15, 0.2) is 29.2 Å². The fraction of sp³-hybridized carbons (Fsp3) is 0.538. The minimum Gasteiger partial charge on any atom is -0.396 e. The van der Waals surface area contributed by atoms with Crippen molar-refractivity contribution in [3.8, 4) is 0 Å². The molecule has 0 bridgehead atoms. The fourth-order valence-corrected chi connectivity index (χ4v) is 2.06. The van der Waals surface area contributed by atoms with Gasteiger partial charge in [0.05, 0.1) is 4.90 Å². The molecule has 6 heteroatoms. The average molecular weight is 286 g/mol. The van der Waals surface area contributed by atoms with Gasteiger partial charge in [-0.25, -0.2) is 13.6 Å². The Kier molecular flexibility index (Phi) is 5.09. The molecule has 108 valence electrons. The van der Waals surface area contributed by atoms with Crippen LogP contribution in [0.4, 0.5) is 0 Å². The normalized spacial score (nSPS) is 14.4. The van der Waals surface area contributed by atoms with Crippen LogP contribution in [0.1, 0.15) is 32.4 Å². The Morgan fingerprint density at radius 2 is 1.84 bits per heavy atom. The SMILES string of the molecule is CC(NCC(C)(C)CO)c1ccc(S(N)(=O)=O)cc1. The number of primary sulfonamides is 1. The van der Waals surface area contributed by atoms with Gasteiger partial charge in [-0.05, 0) is 24.6 Å². The van der Waals surface area contributed by atoms with E-state index in [9.17, 15) is 13.5 Å². The third-order valence-electron chi connectivity index (χ3n) is 3.02. The summed E-state index contributed by atoms with van der Waals surface area (Å²) >= 11 is 0. The molecule has 0 aliphatic rings. The number of benzene rings is 1. The minimum absolute atomic E-state index is 0.0698. The maximum atomic E-state index is 11.1. The Labute approximate surface area is 114 Å². The molecule has 19 heavy (non-hydrogen) atoms. The molecule has 1 rings (SSSR count). The number of nitrogens with one attached hydrogen (secondary N) is 1. The van der Waals surface area contributed by atoms with Gasteiger partial charge in [0, 0.05) is 24.6 Å². The van der Waals surface area contributed by atoms with Gasteiger partial charge >= 0.3 is 0 Å². The minimum atomic E-state index is -3.64. The van der Waals surface area contributed by atoms with Crippen LogP contribution in [0.25, 0.3) is 0 Å². The molecular formula is C13H22N2O3S. The van der Waals surface area contributed by atoms with Crippen molar-refractivity contribution < 1.29 is 13.5 Å². The molecule has 0 fully saturated rings. The second-order valence-corrected chi connectivity index (χ2v) is 7.10. The Bertz CT molecular complexity index is 509. The van der Waals surface area contributed by atoms with Gasteiger partial charge in [0.25, 0.3) is 0 Å². The van der Waals surface area contributed by atoms with Crippen molar-refractivity contribution in [1.29, 1.82) is 0 Å². The maximum Gasteiger partial charge on any atom is 0.238 e. The molecule has 0 spiro atoms.